The van der Waals surface area contributed by atoms with Gasteiger partial charge in [0.15, 0.2) is 6.10 Å². The SMILES string of the molecule is C=C(C)CN1C(=O)[C@@H](OCc2ccccc2)[C@H]1C(C)(C)CBr. The van der Waals surface area contributed by atoms with E-state index in [9.17, 15) is 4.79 Å². The molecule has 2 atom stereocenters. The summed E-state index contributed by atoms with van der Waals surface area (Å²) >= 11 is 3.57. The van der Waals surface area contributed by atoms with Gasteiger partial charge in [0.1, 0.15) is 0 Å². The maximum absolute atomic E-state index is 12.4. The van der Waals surface area contributed by atoms with Crippen molar-refractivity contribution in [2.24, 2.45) is 5.41 Å². The van der Waals surface area contributed by atoms with Crippen molar-refractivity contribution >= 4 is 21.8 Å². The highest BCUT2D eigenvalue weighted by Crippen LogP contribution is 2.39. The van der Waals surface area contributed by atoms with E-state index in [0.29, 0.717) is 13.2 Å². The third-order valence-electron chi connectivity index (χ3n) is 4.01. The van der Waals surface area contributed by atoms with Crippen LogP contribution in [0.5, 0.6) is 0 Å². The molecule has 0 N–H and O–H groups in total. The molecule has 1 saturated heterocycles. The van der Waals surface area contributed by atoms with Crippen LogP contribution in [0.15, 0.2) is 42.5 Å². The molecule has 0 radical (unpaired) electrons. The number of hydrogen-bond acceptors (Lipinski definition) is 2. The molecule has 0 spiro atoms. The Kier molecular flexibility index (Phi) is 5.45. The molecular formula is C18H24BrNO2. The number of rotatable bonds is 7. The van der Waals surface area contributed by atoms with Gasteiger partial charge >= 0.3 is 0 Å². The summed E-state index contributed by atoms with van der Waals surface area (Å²) in [7, 11) is 0. The summed E-state index contributed by atoms with van der Waals surface area (Å²) in [5.74, 6) is 0.0676. The summed E-state index contributed by atoms with van der Waals surface area (Å²) in [6.45, 7) is 11.3. The number of carbonyl (C=O) groups is 1. The largest absolute Gasteiger partial charge is 0.361 e. The molecule has 22 heavy (non-hydrogen) atoms. The zero-order chi connectivity index (χ0) is 16.3. The Morgan fingerprint density at radius 1 is 1.36 bits per heavy atom. The van der Waals surface area contributed by atoms with Crippen molar-refractivity contribution in [3.8, 4) is 0 Å². The van der Waals surface area contributed by atoms with E-state index in [0.717, 1.165) is 16.5 Å². The predicted molar refractivity (Wildman–Crippen MR) is 92.9 cm³/mol. The summed E-state index contributed by atoms with van der Waals surface area (Å²) < 4.78 is 5.95. The van der Waals surface area contributed by atoms with Gasteiger partial charge in [0, 0.05) is 11.9 Å². The molecule has 1 aliphatic rings. The van der Waals surface area contributed by atoms with Crippen LogP contribution >= 0.6 is 15.9 Å². The Balaban J connectivity index is 2.08. The molecule has 1 aromatic carbocycles. The van der Waals surface area contributed by atoms with E-state index in [1.165, 1.54) is 0 Å². The fraction of sp³-hybridized carbons (Fsp3) is 0.500. The highest BCUT2D eigenvalue weighted by Gasteiger charge is 2.54. The van der Waals surface area contributed by atoms with Crippen LogP contribution in [0.25, 0.3) is 0 Å². The van der Waals surface area contributed by atoms with E-state index in [-0.39, 0.29) is 23.5 Å². The topological polar surface area (TPSA) is 29.5 Å². The van der Waals surface area contributed by atoms with E-state index in [2.05, 4.69) is 36.4 Å². The quantitative estimate of drug-likeness (QED) is 0.418. The van der Waals surface area contributed by atoms with Gasteiger partial charge < -0.3 is 9.64 Å². The predicted octanol–water partition coefficient (Wildman–Crippen LogP) is 3.78. The van der Waals surface area contributed by atoms with Crippen LogP contribution in [0.1, 0.15) is 26.3 Å². The molecular weight excluding hydrogens is 342 g/mol. The minimum atomic E-state index is -0.368. The van der Waals surface area contributed by atoms with Crippen LogP contribution in [-0.2, 0) is 16.1 Å². The number of nitrogens with zero attached hydrogens (tertiary/aromatic N) is 1. The zero-order valence-electron chi connectivity index (χ0n) is 13.5. The summed E-state index contributed by atoms with van der Waals surface area (Å²) in [6, 6.07) is 10.0. The van der Waals surface area contributed by atoms with Crippen LogP contribution in [-0.4, -0.2) is 34.8 Å². The van der Waals surface area contributed by atoms with Gasteiger partial charge in [-0.25, -0.2) is 0 Å². The number of halogens is 1. The van der Waals surface area contributed by atoms with Gasteiger partial charge in [0.25, 0.3) is 5.91 Å². The van der Waals surface area contributed by atoms with Crippen molar-refractivity contribution in [3.63, 3.8) is 0 Å². The van der Waals surface area contributed by atoms with Gasteiger partial charge in [-0.3, -0.25) is 4.79 Å². The Hall–Kier alpha value is -1.13. The Morgan fingerprint density at radius 3 is 2.55 bits per heavy atom. The lowest BCUT2D eigenvalue weighted by Crippen LogP contribution is -2.70. The van der Waals surface area contributed by atoms with Crippen LogP contribution in [0.4, 0.5) is 0 Å². The van der Waals surface area contributed by atoms with E-state index in [1.54, 1.807) is 0 Å². The van der Waals surface area contributed by atoms with Gasteiger partial charge in [0.05, 0.1) is 12.6 Å². The van der Waals surface area contributed by atoms with E-state index >= 15 is 0 Å². The number of alkyl halides is 1. The maximum Gasteiger partial charge on any atom is 0.254 e. The molecule has 3 nitrogen and oxygen atoms in total. The molecule has 0 bridgehead atoms. The van der Waals surface area contributed by atoms with E-state index < -0.39 is 0 Å². The first-order valence-corrected chi connectivity index (χ1v) is 8.65. The highest BCUT2D eigenvalue weighted by atomic mass is 79.9. The Bertz CT molecular complexity index is 541. The average Bonchev–Trinajstić information content (AvgIpc) is 2.49. The van der Waals surface area contributed by atoms with E-state index in [1.807, 2.05) is 42.2 Å². The Morgan fingerprint density at radius 2 is 2.00 bits per heavy atom. The molecule has 120 valence electrons. The van der Waals surface area contributed by atoms with Crippen molar-refractivity contribution in [1.82, 2.24) is 4.90 Å². The molecule has 4 heteroatoms. The number of hydrogen-bond donors (Lipinski definition) is 0. The van der Waals surface area contributed by atoms with Gasteiger partial charge in [0.2, 0.25) is 0 Å². The number of ether oxygens (including phenoxy) is 1. The summed E-state index contributed by atoms with van der Waals surface area (Å²) in [5, 5.41) is 0.815. The van der Waals surface area contributed by atoms with Crippen LogP contribution < -0.4 is 0 Å². The van der Waals surface area contributed by atoms with Gasteiger partial charge in [-0.2, -0.15) is 0 Å². The molecule has 1 amide bonds. The summed E-state index contributed by atoms with van der Waals surface area (Å²) in [6.07, 6.45) is -0.368. The number of β-lactam (4-membered cyclic amide) rings is 1. The van der Waals surface area contributed by atoms with Crippen molar-refractivity contribution in [1.29, 1.82) is 0 Å². The second-order valence-corrected chi connectivity index (χ2v) is 7.27. The number of likely N-dealkylation sites (tertiary alicyclic amines) is 1. The first-order valence-electron chi connectivity index (χ1n) is 7.53. The maximum atomic E-state index is 12.4. The molecule has 0 aliphatic carbocycles. The third kappa shape index (κ3) is 3.61. The second-order valence-electron chi connectivity index (χ2n) is 6.71. The number of amides is 1. The average molecular weight is 366 g/mol. The number of carbonyl (C=O) groups excluding carboxylic acids is 1. The van der Waals surface area contributed by atoms with Crippen molar-refractivity contribution < 1.29 is 9.53 Å². The van der Waals surface area contributed by atoms with E-state index in [4.69, 9.17) is 4.74 Å². The zero-order valence-corrected chi connectivity index (χ0v) is 15.1. The van der Waals surface area contributed by atoms with Crippen molar-refractivity contribution in [2.75, 3.05) is 11.9 Å². The number of benzene rings is 1. The van der Waals surface area contributed by atoms with Crippen molar-refractivity contribution in [3.05, 3.63) is 48.0 Å². The molecule has 1 aliphatic heterocycles. The third-order valence-corrected chi connectivity index (χ3v) is 5.45. The minimum Gasteiger partial charge on any atom is -0.361 e. The van der Waals surface area contributed by atoms with Crippen LogP contribution in [0.3, 0.4) is 0 Å². The lowest BCUT2D eigenvalue weighted by atomic mass is 9.76. The lowest BCUT2D eigenvalue weighted by molar-refractivity contribution is -0.185. The van der Waals surface area contributed by atoms with Crippen molar-refractivity contribution in [2.45, 2.75) is 39.5 Å². The molecule has 2 rings (SSSR count). The molecule has 0 unspecified atom stereocenters. The standard InChI is InChI=1S/C18H24BrNO2/c1-13(2)10-20-16(18(3,4)12-19)15(17(20)21)22-11-14-8-6-5-7-9-14/h5-9,15-16H,1,10-12H2,2-4H3/t15-,16-/m0/s1. The summed E-state index contributed by atoms with van der Waals surface area (Å²) in [4.78, 5) is 14.3. The molecule has 0 aromatic heterocycles. The first kappa shape index (κ1) is 17.2. The van der Waals surface area contributed by atoms with Gasteiger partial charge in [-0.05, 0) is 17.9 Å². The highest BCUT2D eigenvalue weighted by molar-refractivity contribution is 9.09. The monoisotopic (exact) mass is 365 g/mol. The fourth-order valence-corrected chi connectivity index (χ4v) is 3.15. The van der Waals surface area contributed by atoms with Crippen LogP contribution in [0.2, 0.25) is 0 Å². The summed E-state index contributed by atoms with van der Waals surface area (Å²) in [5.41, 5.74) is 2.03. The normalized spacial score (nSPS) is 21.6. The fourth-order valence-electron chi connectivity index (χ4n) is 2.82. The first-order chi connectivity index (χ1) is 10.4. The second kappa shape index (κ2) is 6.97. The minimum absolute atomic E-state index is 0.0509. The smallest absolute Gasteiger partial charge is 0.254 e. The van der Waals surface area contributed by atoms with Gasteiger partial charge in [-0.1, -0.05) is 72.3 Å². The van der Waals surface area contributed by atoms with Gasteiger partial charge in [-0.15, -0.1) is 0 Å². The molecule has 0 saturated carbocycles. The lowest BCUT2D eigenvalue weighted by Gasteiger charge is -2.53. The molecule has 1 aromatic rings. The molecule has 1 heterocycles. The molecule has 1 fully saturated rings. The van der Waals surface area contributed by atoms with Crippen LogP contribution in [0, 0.1) is 5.41 Å². The Labute approximate surface area is 141 Å².